The lowest BCUT2D eigenvalue weighted by Crippen LogP contribution is -2.48. The lowest BCUT2D eigenvalue weighted by molar-refractivity contribution is -0.00804. The second-order valence-electron chi connectivity index (χ2n) is 6.64. The largest absolute Gasteiger partial charge is 0.494 e. The Bertz CT molecular complexity index is 768. The summed E-state index contributed by atoms with van der Waals surface area (Å²) in [5.74, 6) is 1.30. The lowest BCUT2D eigenvalue weighted by atomic mass is 10.1. The quantitative estimate of drug-likeness (QED) is 0.265. The van der Waals surface area contributed by atoms with Crippen LogP contribution < -0.4 is 10.1 Å². The number of hydrogen-bond acceptors (Lipinski definition) is 4. The first-order valence-electron chi connectivity index (χ1n) is 9.67. The van der Waals surface area contributed by atoms with Crippen molar-refractivity contribution in [3.63, 3.8) is 0 Å². The highest BCUT2D eigenvalue weighted by atomic mass is 127. The van der Waals surface area contributed by atoms with E-state index in [-0.39, 0.29) is 35.9 Å². The number of guanidine groups is 1. The molecule has 7 nitrogen and oxygen atoms in total. The van der Waals surface area contributed by atoms with Gasteiger partial charge in [-0.1, -0.05) is 0 Å². The van der Waals surface area contributed by atoms with Crippen LogP contribution in [-0.2, 0) is 11.8 Å². The molecule has 0 bridgehead atoms. The zero-order chi connectivity index (χ0) is 19.8. The zero-order valence-electron chi connectivity index (χ0n) is 16.9. The number of rotatable bonds is 7. The predicted octanol–water partition coefficient (Wildman–Crippen LogP) is 2.99. The fourth-order valence-electron chi connectivity index (χ4n) is 3.05. The molecule has 2 heterocycles. The number of aromatic nitrogens is 2. The molecule has 1 aromatic heterocycles. The first-order chi connectivity index (χ1) is 13.7. The fourth-order valence-corrected chi connectivity index (χ4v) is 3.05. The summed E-state index contributed by atoms with van der Waals surface area (Å²) < 4.78 is 26.2. The molecule has 29 heavy (non-hydrogen) atoms. The summed E-state index contributed by atoms with van der Waals surface area (Å²) in [6.45, 7) is 6.25. The molecule has 1 N–H and O–H groups in total. The Morgan fingerprint density at radius 1 is 1.38 bits per heavy atom. The number of nitrogens with zero attached hydrogens (tertiary/aromatic N) is 4. The number of ether oxygens (including phenoxy) is 2. The maximum atomic E-state index is 12.9. The normalized spacial score (nSPS) is 17.0. The number of morpholine rings is 1. The molecular formula is C20H29FIN5O2. The van der Waals surface area contributed by atoms with E-state index in [1.54, 1.807) is 16.8 Å². The molecule has 1 aliphatic heterocycles. The Labute approximate surface area is 188 Å². The molecule has 9 heteroatoms. The third-order valence-corrected chi connectivity index (χ3v) is 4.44. The molecule has 1 saturated heterocycles. The second kappa shape index (κ2) is 12.0. The Hall–Kier alpha value is -1.88. The van der Waals surface area contributed by atoms with Crippen LogP contribution in [0.2, 0.25) is 0 Å². The Morgan fingerprint density at radius 2 is 2.17 bits per heavy atom. The SMILES string of the molecule is CCNC(=NCCCOc1ccc(F)cc1)N1CCOC(c2cnn(C)c2)C1.I. The standard InChI is InChI=1S/C20H28FN5O2.HI/c1-3-22-20(23-9-4-11-27-18-7-5-17(21)6-8-18)26-10-12-28-19(15-26)16-13-24-25(2)14-16;/h5-8,13-14,19H,3-4,9-12,15H2,1-2H3,(H,22,23);1H. The van der Waals surface area contributed by atoms with Crippen molar-refractivity contribution in [2.24, 2.45) is 12.0 Å². The zero-order valence-corrected chi connectivity index (χ0v) is 19.2. The summed E-state index contributed by atoms with van der Waals surface area (Å²) in [6.07, 6.45) is 4.62. The summed E-state index contributed by atoms with van der Waals surface area (Å²) in [5.41, 5.74) is 1.08. The van der Waals surface area contributed by atoms with E-state index in [0.717, 1.165) is 37.6 Å². The molecule has 1 aromatic carbocycles. The second-order valence-corrected chi connectivity index (χ2v) is 6.64. The minimum absolute atomic E-state index is 0. The van der Waals surface area contributed by atoms with Crippen molar-refractivity contribution < 1.29 is 13.9 Å². The summed E-state index contributed by atoms with van der Waals surface area (Å²) >= 11 is 0. The number of hydrogen-bond donors (Lipinski definition) is 1. The fraction of sp³-hybridized carbons (Fsp3) is 0.500. The third kappa shape index (κ3) is 7.14. The summed E-state index contributed by atoms with van der Waals surface area (Å²) in [7, 11) is 1.91. The van der Waals surface area contributed by atoms with Crippen molar-refractivity contribution in [1.29, 1.82) is 0 Å². The van der Waals surface area contributed by atoms with Crippen LogP contribution in [0.15, 0.2) is 41.7 Å². The van der Waals surface area contributed by atoms with Gasteiger partial charge in [-0.3, -0.25) is 9.67 Å². The smallest absolute Gasteiger partial charge is 0.194 e. The molecule has 0 radical (unpaired) electrons. The first kappa shape index (κ1) is 23.4. The number of aryl methyl sites for hydroxylation is 1. The molecule has 2 aromatic rings. The Morgan fingerprint density at radius 3 is 2.86 bits per heavy atom. The molecular weight excluding hydrogens is 488 g/mol. The highest BCUT2D eigenvalue weighted by Crippen LogP contribution is 2.21. The van der Waals surface area contributed by atoms with E-state index in [0.29, 0.717) is 25.5 Å². The number of benzene rings is 1. The van der Waals surface area contributed by atoms with E-state index in [4.69, 9.17) is 14.5 Å². The van der Waals surface area contributed by atoms with Crippen LogP contribution in [0.3, 0.4) is 0 Å². The van der Waals surface area contributed by atoms with Crippen LogP contribution in [0.1, 0.15) is 25.0 Å². The molecule has 0 saturated carbocycles. The maximum Gasteiger partial charge on any atom is 0.194 e. The van der Waals surface area contributed by atoms with Gasteiger partial charge in [-0.05, 0) is 31.2 Å². The summed E-state index contributed by atoms with van der Waals surface area (Å²) in [6, 6.07) is 6.06. The van der Waals surface area contributed by atoms with Crippen molar-refractivity contribution in [2.45, 2.75) is 19.4 Å². The van der Waals surface area contributed by atoms with Crippen LogP contribution in [0.25, 0.3) is 0 Å². The minimum Gasteiger partial charge on any atom is -0.494 e. The van der Waals surface area contributed by atoms with Crippen molar-refractivity contribution >= 4 is 29.9 Å². The van der Waals surface area contributed by atoms with Crippen LogP contribution in [0, 0.1) is 5.82 Å². The van der Waals surface area contributed by atoms with Gasteiger partial charge in [0, 0.05) is 44.9 Å². The molecule has 1 unspecified atom stereocenters. The van der Waals surface area contributed by atoms with Crippen LogP contribution in [0.5, 0.6) is 5.75 Å². The van der Waals surface area contributed by atoms with Gasteiger partial charge in [0.15, 0.2) is 5.96 Å². The molecule has 1 fully saturated rings. The van der Waals surface area contributed by atoms with Gasteiger partial charge in [-0.15, -0.1) is 24.0 Å². The van der Waals surface area contributed by atoms with Gasteiger partial charge in [0.2, 0.25) is 0 Å². The number of aliphatic imine (C=N–C) groups is 1. The van der Waals surface area contributed by atoms with Gasteiger partial charge < -0.3 is 19.7 Å². The van der Waals surface area contributed by atoms with Gasteiger partial charge in [0.1, 0.15) is 17.7 Å². The topological polar surface area (TPSA) is 63.9 Å². The Balaban J connectivity index is 0.00000300. The first-order valence-corrected chi connectivity index (χ1v) is 9.67. The predicted molar refractivity (Wildman–Crippen MR) is 121 cm³/mol. The molecule has 3 rings (SSSR count). The van der Waals surface area contributed by atoms with E-state index in [2.05, 4.69) is 22.2 Å². The minimum atomic E-state index is -0.262. The third-order valence-electron chi connectivity index (χ3n) is 4.44. The number of nitrogens with one attached hydrogen (secondary N) is 1. The van der Waals surface area contributed by atoms with Crippen molar-refractivity contribution in [2.75, 3.05) is 39.4 Å². The highest BCUT2D eigenvalue weighted by molar-refractivity contribution is 14.0. The van der Waals surface area contributed by atoms with Crippen LogP contribution in [0.4, 0.5) is 4.39 Å². The average Bonchev–Trinajstić information content (AvgIpc) is 3.15. The monoisotopic (exact) mass is 517 g/mol. The lowest BCUT2D eigenvalue weighted by Gasteiger charge is -2.34. The summed E-state index contributed by atoms with van der Waals surface area (Å²) in [4.78, 5) is 6.96. The van der Waals surface area contributed by atoms with E-state index in [1.807, 2.05) is 19.4 Å². The van der Waals surface area contributed by atoms with E-state index in [9.17, 15) is 4.39 Å². The van der Waals surface area contributed by atoms with Crippen molar-refractivity contribution in [1.82, 2.24) is 20.0 Å². The molecule has 1 atom stereocenters. The van der Waals surface area contributed by atoms with Crippen LogP contribution in [-0.4, -0.2) is 60.0 Å². The molecule has 160 valence electrons. The highest BCUT2D eigenvalue weighted by Gasteiger charge is 2.25. The average molecular weight is 517 g/mol. The molecule has 0 amide bonds. The van der Waals surface area contributed by atoms with Gasteiger partial charge in [0.05, 0.1) is 26.0 Å². The van der Waals surface area contributed by atoms with Crippen molar-refractivity contribution in [3.8, 4) is 5.75 Å². The molecule has 0 spiro atoms. The van der Waals surface area contributed by atoms with Gasteiger partial charge >= 0.3 is 0 Å². The Kier molecular flexibility index (Phi) is 9.65. The van der Waals surface area contributed by atoms with Gasteiger partial charge in [0.25, 0.3) is 0 Å². The molecule has 1 aliphatic rings. The van der Waals surface area contributed by atoms with Gasteiger partial charge in [-0.25, -0.2) is 4.39 Å². The van der Waals surface area contributed by atoms with E-state index < -0.39 is 0 Å². The molecule has 0 aliphatic carbocycles. The van der Waals surface area contributed by atoms with Gasteiger partial charge in [-0.2, -0.15) is 5.10 Å². The van der Waals surface area contributed by atoms with Crippen LogP contribution >= 0.6 is 24.0 Å². The summed E-state index contributed by atoms with van der Waals surface area (Å²) in [5, 5.41) is 7.60. The van der Waals surface area contributed by atoms with E-state index in [1.165, 1.54) is 12.1 Å². The van der Waals surface area contributed by atoms with Crippen molar-refractivity contribution in [3.05, 3.63) is 48.0 Å². The maximum absolute atomic E-state index is 12.9. The number of halogens is 2. The van der Waals surface area contributed by atoms with E-state index >= 15 is 0 Å².